The van der Waals surface area contributed by atoms with E-state index < -0.39 is 0 Å². The van der Waals surface area contributed by atoms with Crippen LogP contribution in [-0.2, 0) is 51.6 Å². The van der Waals surface area contributed by atoms with Crippen LogP contribution in [0.1, 0.15) is 267 Å². The summed E-state index contributed by atoms with van der Waals surface area (Å²) in [5.74, 6) is 1.51. The Labute approximate surface area is 666 Å². The molecule has 1 aliphatic carbocycles. The number of hydrogen-bond donors (Lipinski definition) is 0. The van der Waals surface area contributed by atoms with Crippen LogP contribution in [0.25, 0.3) is 0 Å². The number of nitrogens with zero attached hydrogens (tertiary/aromatic N) is 2. The van der Waals surface area contributed by atoms with E-state index in [1.54, 1.807) is 27.8 Å². The summed E-state index contributed by atoms with van der Waals surface area (Å²) in [6.45, 7) is 80.6. The van der Waals surface area contributed by atoms with Gasteiger partial charge >= 0.3 is 0 Å². The Bertz CT molecular complexity index is 4580. The van der Waals surface area contributed by atoms with Crippen LogP contribution in [0, 0.1) is 221 Å². The molecule has 0 radical (unpaired) electrons. The van der Waals surface area contributed by atoms with Crippen LogP contribution in [0.15, 0.2) is 97.1 Å². The lowest BCUT2D eigenvalue weighted by atomic mass is 9.72. The highest BCUT2D eigenvalue weighted by Crippen LogP contribution is 2.43. The molecule has 1 unspecified atom stereocenters. The van der Waals surface area contributed by atoms with Gasteiger partial charge in [-0.05, 0) is 494 Å². The predicted octanol–water partition coefficient (Wildman–Crippen LogP) is 28.2. The Hall–Kier alpha value is -8.20. The maximum atomic E-state index is 2.64. The lowest BCUT2D eigenvalue weighted by Crippen LogP contribution is -2.32. The third kappa shape index (κ3) is 19.6. The Balaban J connectivity index is 0.000000190. The monoisotopic (exact) mass is 1460 g/mol. The van der Waals surface area contributed by atoms with Gasteiger partial charge in [-0.25, -0.2) is 0 Å². The van der Waals surface area contributed by atoms with E-state index in [0.717, 1.165) is 57.8 Å². The average Bonchev–Trinajstić information content (AvgIpc) is 0.760. The Kier molecular flexibility index (Phi) is 29.1. The van der Waals surface area contributed by atoms with Crippen LogP contribution in [0.2, 0.25) is 0 Å². The minimum atomic E-state index is 0.672. The smallest absolute Gasteiger partial charge is 0.0434 e. The van der Waals surface area contributed by atoms with E-state index in [0.29, 0.717) is 5.92 Å². The highest BCUT2D eigenvalue weighted by Gasteiger charge is 2.30. The van der Waals surface area contributed by atoms with Gasteiger partial charge in [-0.3, -0.25) is 0 Å². The van der Waals surface area contributed by atoms with Crippen LogP contribution in [-0.4, -0.2) is 13.1 Å². The van der Waals surface area contributed by atoms with Crippen molar-refractivity contribution < 1.29 is 0 Å². The Morgan fingerprint density at radius 1 is 0.266 bits per heavy atom. The van der Waals surface area contributed by atoms with E-state index in [1.807, 2.05) is 0 Å². The summed E-state index contributed by atoms with van der Waals surface area (Å²) < 4.78 is 0. The number of benzene rings is 10. The lowest BCUT2D eigenvalue weighted by molar-refractivity contribution is 0.573. The van der Waals surface area contributed by atoms with Gasteiger partial charge in [-0.2, -0.15) is 0 Å². The number of hydrogen-bond acceptors (Lipinski definition) is 2. The molecule has 13 rings (SSSR count). The van der Waals surface area contributed by atoms with Crippen LogP contribution in [0.4, 0.5) is 11.4 Å². The van der Waals surface area contributed by atoms with Crippen molar-refractivity contribution in [3.63, 3.8) is 0 Å². The second kappa shape index (κ2) is 36.8. The summed E-state index contributed by atoms with van der Waals surface area (Å²) in [7, 11) is 0. The van der Waals surface area contributed by atoms with Crippen LogP contribution >= 0.6 is 0 Å². The third-order valence-corrected chi connectivity index (χ3v) is 27.3. The molecule has 2 nitrogen and oxygen atoms in total. The van der Waals surface area contributed by atoms with Gasteiger partial charge < -0.3 is 9.80 Å². The standard InChI is InChI=1S/C41H50N2.C25H34.C15H16.2C11H16.C4H10/c1-24-26(3)30(7)40(31(8)27(24)4)42-17-15-36-13-11-34(20-38(36)22-42)19-35-12-14-37-16-18-43(23-39(37)21-35)41-32(9)28(5)25(2)29(6)33(41)10;1-13-16(4)20(8)25(21(9)17(13)5)22-10-11-23-18(6)14(2)15(3)19(7)24(23)12-22;1-12-3-7-14(8-4-12)11-15-9-5-13(2)6-10-15;2*1-7-6-8(2)10(4)11(5)9(7)3;1-4(2)3/h11-14,20-21H,15-19,22-23H2,1-10H3;22H,10-12H2,1-9H3;3-10H,11H2,1-2H3;2*6H,1-5H3;4H,1-3H3. The molecule has 0 fully saturated rings. The normalized spacial score (nSPS) is 13.5. The molecule has 0 bridgehead atoms. The molecule has 109 heavy (non-hydrogen) atoms. The largest absolute Gasteiger partial charge is 0.366 e. The van der Waals surface area contributed by atoms with Crippen molar-refractivity contribution in [2.24, 2.45) is 5.92 Å². The molecule has 10 aromatic rings. The van der Waals surface area contributed by atoms with Crippen LogP contribution < -0.4 is 9.80 Å². The SMILES string of the molecule is CC(C)C.Cc1c(C)c(C)c(C2CCc3c(C)c(C)c(C)c(C)c3C2)c(C)c1C.Cc1c(C)c(C)c(N2CCc3ccc(Cc4ccc5c(c4)CN(c4c(C)c(C)c(C)c(C)c4C)CC5)cc3C2)c(C)c1C.Cc1cc(C)c(C)c(C)c1C.Cc1cc(C)c(C)c(C)c1C.Cc1ccc(Cc2ccc(C)cc2)cc1. The maximum Gasteiger partial charge on any atom is 0.0434 e. The van der Waals surface area contributed by atoms with Crippen molar-refractivity contribution in [1.29, 1.82) is 0 Å². The summed E-state index contributed by atoms with van der Waals surface area (Å²) >= 11 is 0. The topological polar surface area (TPSA) is 6.48 Å². The Morgan fingerprint density at radius 3 is 0.862 bits per heavy atom. The molecule has 2 aliphatic heterocycles. The first kappa shape index (κ1) is 86.4. The van der Waals surface area contributed by atoms with Crippen molar-refractivity contribution in [1.82, 2.24) is 0 Å². The molecule has 1 atom stereocenters. The summed E-state index contributed by atoms with van der Waals surface area (Å²) in [6, 6.07) is 36.6. The van der Waals surface area contributed by atoms with Crippen molar-refractivity contribution in [3.05, 3.63) is 331 Å². The molecule has 0 N–H and O–H groups in total. The maximum absolute atomic E-state index is 2.64. The Morgan fingerprint density at radius 2 is 0.532 bits per heavy atom. The van der Waals surface area contributed by atoms with Crippen molar-refractivity contribution in [2.45, 2.75) is 299 Å². The molecule has 10 aromatic carbocycles. The predicted molar refractivity (Wildman–Crippen MR) is 482 cm³/mol. The zero-order chi connectivity index (χ0) is 80.8. The van der Waals surface area contributed by atoms with Gasteiger partial charge in [0.2, 0.25) is 0 Å². The zero-order valence-electron chi connectivity index (χ0n) is 75.1. The van der Waals surface area contributed by atoms with E-state index in [9.17, 15) is 0 Å². The molecule has 2 heterocycles. The highest BCUT2D eigenvalue weighted by molar-refractivity contribution is 5.69. The first-order chi connectivity index (χ1) is 51.2. The molecule has 0 amide bonds. The molecule has 0 saturated heterocycles. The fourth-order valence-electron chi connectivity index (χ4n) is 17.6. The summed E-state index contributed by atoms with van der Waals surface area (Å²) in [5, 5.41) is 0. The minimum Gasteiger partial charge on any atom is -0.366 e. The van der Waals surface area contributed by atoms with Crippen molar-refractivity contribution in [2.75, 3.05) is 22.9 Å². The van der Waals surface area contributed by atoms with Gasteiger partial charge in [0.05, 0.1) is 0 Å². The van der Waals surface area contributed by atoms with Crippen molar-refractivity contribution in [3.8, 4) is 0 Å². The molecular weight excluding hydrogens is 1310 g/mol. The first-order valence-corrected chi connectivity index (χ1v) is 41.4. The average molecular weight is 1460 g/mol. The fourth-order valence-corrected chi connectivity index (χ4v) is 17.6. The van der Waals surface area contributed by atoms with E-state index >= 15 is 0 Å². The van der Waals surface area contributed by atoms with E-state index in [1.165, 1.54) is 236 Å². The highest BCUT2D eigenvalue weighted by atomic mass is 15.1. The molecule has 0 saturated carbocycles. The van der Waals surface area contributed by atoms with Gasteiger partial charge in [-0.15, -0.1) is 0 Å². The van der Waals surface area contributed by atoms with Gasteiger partial charge in [-0.1, -0.05) is 129 Å². The van der Waals surface area contributed by atoms with E-state index in [-0.39, 0.29) is 0 Å². The fraction of sp³-hybridized carbons (Fsp3) is 0.439. The number of aryl methyl sites for hydroxylation is 6. The van der Waals surface area contributed by atoms with Gasteiger partial charge in [0.15, 0.2) is 0 Å². The second-order valence-corrected chi connectivity index (χ2v) is 34.8. The first-order valence-electron chi connectivity index (χ1n) is 41.4. The van der Waals surface area contributed by atoms with Gasteiger partial charge in [0.25, 0.3) is 0 Å². The number of rotatable bonds is 7. The number of fused-ring (bicyclic) bond motifs is 3. The van der Waals surface area contributed by atoms with E-state index in [4.69, 9.17) is 0 Å². The molecular formula is C107H142N2. The molecule has 3 aliphatic rings. The van der Waals surface area contributed by atoms with E-state index in [2.05, 4.69) is 342 Å². The lowest BCUT2D eigenvalue weighted by Gasteiger charge is -2.35. The van der Waals surface area contributed by atoms with Gasteiger partial charge in [0, 0.05) is 37.6 Å². The van der Waals surface area contributed by atoms with Crippen LogP contribution in [0.3, 0.4) is 0 Å². The second-order valence-electron chi connectivity index (χ2n) is 34.8. The third-order valence-electron chi connectivity index (χ3n) is 27.3. The van der Waals surface area contributed by atoms with Gasteiger partial charge in [0.1, 0.15) is 0 Å². The molecule has 0 spiro atoms. The molecule has 580 valence electrons. The summed E-state index contributed by atoms with van der Waals surface area (Å²) in [6.07, 6.45) is 7.99. The van der Waals surface area contributed by atoms with Crippen LogP contribution in [0.5, 0.6) is 0 Å². The quantitative estimate of drug-likeness (QED) is 0.157. The minimum absolute atomic E-state index is 0.672. The van der Waals surface area contributed by atoms with Crippen molar-refractivity contribution >= 4 is 11.4 Å². The summed E-state index contributed by atoms with van der Waals surface area (Å²) in [4.78, 5) is 5.28. The molecule has 0 aromatic heterocycles. The number of anilines is 2. The zero-order valence-corrected chi connectivity index (χ0v) is 75.1. The molecule has 2 heteroatoms. The summed E-state index contributed by atoms with van der Waals surface area (Å²) in [5.41, 5.74) is 64.5.